The van der Waals surface area contributed by atoms with Gasteiger partial charge in [0.15, 0.2) is 11.9 Å². The molecule has 0 saturated heterocycles. The standard InChI is InChI=1S/C32H46N2O10S/c1-17-10-9-11-23(40-5)29(44-32(33)39)19(3)14-18(2)28(43-8)24(41-6)15-20(4)27(42-7)21-16-22(36)30(45-13-12-35)25(26(21)37)34-31(17)38/h9-11,14,16,18,20,23-24,27-29,35H,12-13,15H2,1-8H3,(H2,33,39)(H,34,38)/b11-9-,17-10+,19-14+/t18-,20-,23?,24-,27+,28?,29-/m0/s1. The van der Waals surface area contributed by atoms with Crippen molar-refractivity contribution in [1.82, 2.24) is 5.32 Å². The SMILES string of the molecule is COC1[C@@H](OC)C[C@H](C)[C@@H](OC)C2=CC(=O)C(SCCO)=C(NC(=O)/C(C)=C/C=C\C(OC)[C@@H](OC(N)=O)/C(C)=C/[C@@H]1C)C2=O. The summed E-state index contributed by atoms with van der Waals surface area (Å²) in [7, 11) is 6.01. The van der Waals surface area contributed by atoms with Crippen LogP contribution in [-0.4, -0.2) is 100.0 Å². The van der Waals surface area contributed by atoms with Crippen LogP contribution < -0.4 is 11.1 Å². The minimum atomic E-state index is -0.986. The fraction of sp³-hybridized carbons (Fsp3) is 0.562. The Hall–Kier alpha value is -3.07. The van der Waals surface area contributed by atoms with E-state index in [1.54, 1.807) is 33.3 Å². The number of methoxy groups -OCH3 is 4. The van der Waals surface area contributed by atoms with Gasteiger partial charge in [-0.25, -0.2) is 4.79 Å². The molecule has 13 heteroatoms. The van der Waals surface area contributed by atoms with Gasteiger partial charge in [0, 0.05) is 51.3 Å². The van der Waals surface area contributed by atoms with Crippen LogP contribution in [-0.2, 0) is 38.1 Å². The number of ether oxygens (including phenoxy) is 5. The molecule has 0 aromatic heterocycles. The van der Waals surface area contributed by atoms with Crippen molar-refractivity contribution < 1.29 is 48.0 Å². The van der Waals surface area contributed by atoms with E-state index in [1.165, 1.54) is 33.3 Å². The first-order valence-corrected chi connectivity index (χ1v) is 15.5. The lowest BCUT2D eigenvalue weighted by atomic mass is 9.84. The average molecular weight is 651 g/mol. The molecule has 1 aliphatic heterocycles. The van der Waals surface area contributed by atoms with Crippen LogP contribution in [0.3, 0.4) is 0 Å². The molecule has 0 aromatic carbocycles. The first-order chi connectivity index (χ1) is 21.3. The van der Waals surface area contributed by atoms with Gasteiger partial charge in [-0.3, -0.25) is 14.4 Å². The van der Waals surface area contributed by atoms with Gasteiger partial charge in [-0.1, -0.05) is 38.2 Å². The second kappa shape index (κ2) is 18.2. The third-order valence-electron chi connectivity index (χ3n) is 7.74. The molecule has 2 aliphatic rings. The highest BCUT2D eigenvalue weighted by atomic mass is 32.2. The summed E-state index contributed by atoms with van der Waals surface area (Å²) in [6.45, 7) is 6.89. The summed E-state index contributed by atoms with van der Waals surface area (Å²) < 4.78 is 28.6. The third kappa shape index (κ3) is 9.96. The van der Waals surface area contributed by atoms with E-state index in [1.807, 2.05) is 19.9 Å². The van der Waals surface area contributed by atoms with Crippen LogP contribution in [0.1, 0.15) is 34.1 Å². The van der Waals surface area contributed by atoms with Crippen molar-refractivity contribution in [3.05, 3.63) is 57.7 Å². The van der Waals surface area contributed by atoms with Gasteiger partial charge in [-0.15, -0.1) is 11.8 Å². The smallest absolute Gasteiger partial charge is 0.405 e. The summed E-state index contributed by atoms with van der Waals surface area (Å²) in [4.78, 5) is 52.4. The van der Waals surface area contributed by atoms with Crippen molar-refractivity contribution >= 4 is 35.3 Å². The van der Waals surface area contributed by atoms with E-state index in [0.29, 0.717) is 12.0 Å². The highest BCUT2D eigenvalue weighted by molar-refractivity contribution is 8.04. The Kier molecular flexibility index (Phi) is 15.4. The molecule has 1 heterocycles. The Balaban J connectivity index is 2.75. The predicted molar refractivity (Wildman–Crippen MR) is 170 cm³/mol. The molecule has 7 atom stereocenters. The van der Waals surface area contributed by atoms with Crippen molar-refractivity contribution in [2.24, 2.45) is 17.6 Å². The lowest BCUT2D eigenvalue weighted by Gasteiger charge is -2.34. The van der Waals surface area contributed by atoms with E-state index in [0.717, 1.165) is 11.8 Å². The van der Waals surface area contributed by atoms with Crippen molar-refractivity contribution in [2.75, 3.05) is 40.8 Å². The van der Waals surface area contributed by atoms with E-state index in [-0.39, 0.29) is 45.9 Å². The molecule has 45 heavy (non-hydrogen) atoms. The lowest BCUT2D eigenvalue weighted by molar-refractivity contribution is -0.120. The van der Waals surface area contributed by atoms with Gasteiger partial charge in [0.1, 0.15) is 11.8 Å². The van der Waals surface area contributed by atoms with Crippen LogP contribution in [0.4, 0.5) is 4.79 Å². The van der Waals surface area contributed by atoms with Gasteiger partial charge in [0.05, 0.1) is 29.8 Å². The topological polar surface area (TPSA) is 173 Å². The average Bonchev–Trinajstić information content (AvgIpc) is 2.99. The number of ketones is 2. The second-order valence-corrected chi connectivity index (χ2v) is 12.0. The normalized spacial score (nSPS) is 32.2. The summed E-state index contributed by atoms with van der Waals surface area (Å²) >= 11 is 0.980. The number of aliphatic hydroxyl groups is 1. The molecule has 0 fully saturated rings. The van der Waals surface area contributed by atoms with Gasteiger partial charge >= 0.3 is 6.09 Å². The highest BCUT2D eigenvalue weighted by Crippen LogP contribution is 2.33. The molecule has 0 saturated carbocycles. The number of primary amides is 1. The Morgan fingerprint density at radius 2 is 1.73 bits per heavy atom. The van der Waals surface area contributed by atoms with E-state index in [4.69, 9.17) is 29.4 Å². The largest absolute Gasteiger partial charge is 0.439 e. The Bertz CT molecular complexity index is 1250. The van der Waals surface area contributed by atoms with Crippen LogP contribution in [0.5, 0.6) is 0 Å². The number of aliphatic hydroxyl groups excluding tert-OH is 1. The van der Waals surface area contributed by atoms with Crippen molar-refractivity contribution in [3.63, 3.8) is 0 Å². The zero-order valence-electron chi connectivity index (χ0n) is 27.2. The molecule has 12 nitrogen and oxygen atoms in total. The molecular formula is C32H46N2O10S. The van der Waals surface area contributed by atoms with Crippen molar-refractivity contribution in [1.29, 1.82) is 0 Å². The van der Waals surface area contributed by atoms with E-state index < -0.39 is 54.1 Å². The molecule has 2 rings (SSSR count). The maximum Gasteiger partial charge on any atom is 0.405 e. The van der Waals surface area contributed by atoms with Crippen LogP contribution in [0, 0.1) is 11.8 Å². The minimum absolute atomic E-state index is 0.0263. The number of Topliss-reactive ketones (excluding diaryl/α,β-unsaturated/α-hetero) is 1. The summed E-state index contributed by atoms with van der Waals surface area (Å²) in [6, 6.07) is 0. The number of nitrogens with two attached hydrogens (primary N) is 1. The number of hydrogen-bond donors (Lipinski definition) is 3. The summed E-state index contributed by atoms with van der Waals surface area (Å²) in [5.74, 6) is -2.11. The quantitative estimate of drug-likeness (QED) is 0.261. The number of fused-ring (bicyclic) bond motifs is 2. The third-order valence-corrected chi connectivity index (χ3v) is 8.82. The molecule has 250 valence electrons. The van der Waals surface area contributed by atoms with E-state index in [2.05, 4.69) is 5.32 Å². The Morgan fingerprint density at radius 3 is 2.29 bits per heavy atom. The molecule has 0 spiro atoms. The Labute approximate surface area is 269 Å². The molecule has 2 unspecified atom stereocenters. The second-order valence-electron chi connectivity index (χ2n) is 10.9. The van der Waals surface area contributed by atoms with Gasteiger partial charge in [-0.05, 0) is 37.8 Å². The lowest BCUT2D eigenvalue weighted by Crippen LogP contribution is -2.41. The number of carbonyl (C=O) groups is 4. The van der Waals surface area contributed by atoms with Gasteiger partial charge in [-0.2, -0.15) is 0 Å². The van der Waals surface area contributed by atoms with Crippen LogP contribution in [0.15, 0.2) is 57.7 Å². The van der Waals surface area contributed by atoms with Crippen LogP contribution in [0.25, 0.3) is 0 Å². The summed E-state index contributed by atoms with van der Waals surface area (Å²) in [5.41, 5.74) is 6.18. The highest BCUT2D eigenvalue weighted by Gasteiger charge is 2.38. The Morgan fingerprint density at radius 1 is 1.04 bits per heavy atom. The molecule has 2 amide bonds. The first kappa shape index (κ1) is 38.1. The minimum Gasteiger partial charge on any atom is -0.439 e. The van der Waals surface area contributed by atoms with Crippen LogP contribution in [0.2, 0.25) is 0 Å². The van der Waals surface area contributed by atoms with Gasteiger partial charge in [0.25, 0.3) is 5.91 Å². The van der Waals surface area contributed by atoms with Gasteiger partial charge < -0.3 is 39.8 Å². The maximum atomic E-state index is 13.9. The number of amides is 2. The fourth-order valence-electron chi connectivity index (χ4n) is 5.53. The molecule has 1 aliphatic carbocycles. The molecule has 4 N–H and O–H groups in total. The monoisotopic (exact) mass is 650 g/mol. The van der Waals surface area contributed by atoms with E-state index in [9.17, 15) is 24.3 Å². The summed E-state index contributed by atoms with van der Waals surface area (Å²) in [5, 5.41) is 12.0. The molecule has 0 radical (unpaired) electrons. The molecular weight excluding hydrogens is 604 g/mol. The summed E-state index contributed by atoms with van der Waals surface area (Å²) in [6.07, 6.45) is 3.73. The maximum absolute atomic E-state index is 13.9. The zero-order valence-corrected chi connectivity index (χ0v) is 28.0. The fourth-order valence-corrected chi connectivity index (χ4v) is 6.32. The first-order valence-electron chi connectivity index (χ1n) is 14.5. The number of hydrogen-bond acceptors (Lipinski definition) is 11. The van der Waals surface area contributed by atoms with Crippen LogP contribution >= 0.6 is 11.8 Å². The number of thioether (sulfide) groups is 1. The number of allylic oxidation sites excluding steroid dienone is 5. The zero-order chi connectivity index (χ0) is 33.8. The number of rotatable bonds is 8. The van der Waals surface area contributed by atoms with Crippen molar-refractivity contribution in [3.8, 4) is 0 Å². The van der Waals surface area contributed by atoms with Crippen molar-refractivity contribution in [2.45, 2.75) is 64.6 Å². The number of carbonyl (C=O) groups excluding carboxylic acids is 4. The molecule has 0 aromatic rings. The number of nitrogens with one attached hydrogen (secondary N) is 1. The molecule has 2 bridgehead atoms. The van der Waals surface area contributed by atoms with E-state index >= 15 is 0 Å². The predicted octanol–water partition coefficient (Wildman–Crippen LogP) is 2.77. The van der Waals surface area contributed by atoms with Gasteiger partial charge in [0.2, 0.25) is 5.78 Å².